The fourth-order valence-corrected chi connectivity index (χ4v) is 4.13. The van der Waals surface area contributed by atoms with Gasteiger partial charge in [-0.15, -0.1) is 0 Å². The number of nitrogens with one attached hydrogen (secondary N) is 1. The standard InChI is InChI=1S/C27H24Cl2N4O2/c1-34-25-10-4-6-19(27(25)35-20-8-2-3-9-20)7-5-13-31-23-14-21(28)22(29)15-24(23)33-26-12-11-18(16-30)17-32-26/h4-7,10-15,17,20H,2-3,8-9H2,1H3,(H,32,33). The van der Waals surface area contributed by atoms with Crippen molar-refractivity contribution >= 4 is 52.7 Å². The Morgan fingerprint density at radius 2 is 1.94 bits per heavy atom. The second-order valence-electron chi connectivity index (χ2n) is 7.99. The van der Waals surface area contributed by atoms with E-state index >= 15 is 0 Å². The molecule has 0 bridgehead atoms. The van der Waals surface area contributed by atoms with E-state index in [2.05, 4.69) is 15.3 Å². The zero-order valence-corrected chi connectivity index (χ0v) is 20.7. The van der Waals surface area contributed by atoms with Gasteiger partial charge < -0.3 is 14.8 Å². The van der Waals surface area contributed by atoms with E-state index in [1.165, 1.54) is 19.0 Å². The van der Waals surface area contributed by atoms with Crippen molar-refractivity contribution in [3.8, 4) is 17.6 Å². The zero-order valence-electron chi connectivity index (χ0n) is 19.2. The van der Waals surface area contributed by atoms with Crippen LogP contribution in [0.25, 0.3) is 6.08 Å². The van der Waals surface area contributed by atoms with Crippen LogP contribution in [0.3, 0.4) is 0 Å². The van der Waals surface area contributed by atoms with Crippen LogP contribution in [-0.4, -0.2) is 24.4 Å². The maximum atomic E-state index is 8.97. The molecule has 1 saturated carbocycles. The number of nitrogens with zero attached hydrogens (tertiary/aromatic N) is 3. The Morgan fingerprint density at radius 1 is 1.14 bits per heavy atom. The number of hydrogen-bond donors (Lipinski definition) is 1. The van der Waals surface area contributed by atoms with Gasteiger partial charge in [0.1, 0.15) is 11.9 Å². The van der Waals surface area contributed by atoms with Crippen molar-refractivity contribution in [2.24, 2.45) is 4.99 Å². The maximum absolute atomic E-state index is 8.97. The molecule has 1 aliphatic rings. The summed E-state index contributed by atoms with van der Waals surface area (Å²) in [5.41, 5.74) is 2.61. The molecule has 3 aromatic rings. The second kappa shape index (κ2) is 11.7. The third kappa shape index (κ3) is 6.33. The largest absolute Gasteiger partial charge is 0.493 e. The Labute approximate surface area is 214 Å². The molecule has 8 heteroatoms. The van der Waals surface area contributed by atoms with E-state index in [0.717, 1.165) is 24.2 Å². The maximum Gasteiger partial charge on any atom is 0.168 e. The van der Waals surface area contributed by atoms with Gasteiger partial charge in [0.05, 0.1) is 40.2 Å². The van der Waals surface area contributed by atoms with E-state index in [-0.39, 0.29) is 6.10 Å². The van der Waals surface area contributed by atoms with Crippen molar-refractivity contribution in [1.82, 2.24) is 4.98 Å². The molecule has 0 radical (unpaired) electrons. The third-order valence-corrected chi connectivity index (χ3v) is 6.31. The number of allylic oxidation sites excluding steroid dienone is 1. The second-order valence-corrected chi connectivity index (χ2v) is 8.81. The molecule has 6 nitrogen and oxygen atoms in total. The number of nitriles is 1. The van der Waals surface area contributed by atoms with Gasteiger partial charge in [0.25, 0.3) is 0 Å². The molecule has 1 heterocycles. The van der Waals surface area contributed by atoms with Crippen LogP contribution in [0.15, 0.2) is 59.7 Å². The number of aliphatic imine (C=N–C) groups is 1. The molecule has 1 fully saturated rings. The van der Waals surface area contributed by atoms with E-state index in [0.29, 0.717) is 38.6 Å². The fraction of sp³-hybridized carbons (Fsp3) is 0.222. The number of hydrogen-bond acceptors (Lipinski definition) is 6. The predicted octanol–water partition coefficient (Wildman–Crippen LogP) is 7.75. The molecule has 0 atom stereocenters. The molecule has 4 rings (SSSR count). The number of benzene rings is 2. The van der Waals surface area contributed by atoms with Crippen LogP contribution in [0.2, 0.25) is 10.0 Å². The monoisotopic (exact) mass is 506 g/mol. The van der Waals surface area contributed by atoms with Crippen LogP contribution in [-0.2, 0) is 0 Å². The smallest absolute Gasteiger partial charge is 0.168 e. The van der Waals surface area contributed by atoms with Gasteiger partial charge >= 0.3 is 0 Å². The summed E-state index contributed by atoms with van der Waals surface area (Å²) in [6, 6.07) is 14.6. The summed E-state index contributed by atoms with van der Waals surface area (Å²) in [6.07, 6.45) is 11.7. The first-order valence-electron chi connectivity index (χ1n) is 11.2. The summed E-state index contributed by atoms with van der Waals surface area (Å²) in [6.45, 7) is 0. The van der Waals surface area contributed by atoms with E-state index in [1.807, 2.05) is 36.4 Å². The molecular weight excluding hydrogens is 483 g/mol. The molecule has 0 unspecified atom stereocenters. The molecule has 1 aromatic heterocycles. The van der Waals surface area contributed by atoms with Gasteiger partial charge in [0, 0.05) is 18.0 Å². The lowest BCUT2D eigenvalue weighted by Gasteiger charge is -2.17. The van der Waals surface area contributed by atoms with Crippen molar-refractivity contribution in [2.45, 2.75) is 31.8 Å². The summed E-state index contributed by atoms with van der Waals surface area (Å²) in [7, 11) is 1.65. The zero-order chi connectivity index (χ0) is 24.6. The van der Waals surface area contributed by atoms with Crippen LogP contribution in [0.5, 0.6) is 11.5 Å². The van der Waals surface area contributed by atoms with Crippen LogP contribution in [0.1, 0.15) is 36.8 Å². The minimum absolute atomic E-state index is 0.216. The number of para-hydroxylation sites is 1. The van der Waals surface area contributed by atoms with E-state index in [4.69, 9.17) is 37.9 Å². The summed E-state index contributed by atoms with van der Waals surface area (Å²) in [5.74, 6) is 2.01. The highest BCUT2D eigenvalue weighted by Gasteiger charge is 2.19. The van der Waals surface area contributed by atoms with E-state index < -0.39 is 0 Å². The van der Waals surface area contributed by atoms with Gasteiger partial charge in [-0.05, 0) is 68.2 Å². The van der Waals surface area contributed by atoms with Gasteiger partial charge in [0.15, 0.2) is 11.5 Å². The molecule has 0 spiro atoms. The highest BCUT2D eigenvalue weighted by atomic mass is 35.5. The number of methoxy groups -OCH3 is 1. The van der Waals surface area contributed by atoms with E-state index in [1.54, 1.807) is 37.6 Å². The molecule has 1 aliphatic carbocycles. The molecule has 178 valence electrons. The molecule has 1 N–H and O–H groups in total. The quantitative estimate of drug-likeness (QED) is 0.316. The molecule has 35 heavy (non-hydrogen) atoms. The van der Waals surface area contributed by atoms with Gasteiger partial charge in [-0.1, -0.05) is 35.3 Å². The highest BCUT2D eigenvalue weighted by Crippen LogP contribution is 2.37. The molecule has 0 saturated heterocycles. The Morgan fingerprint density at radius 3 is 2.66 bits per heavy atom. The number of halogens is 2. The average molecular weight is 507 g/mol. The predicted molar refractivity (Wildman–Crippen MR) is 142 cm³/mol. The lowest BCUT2D eigenvalue weighted by molar-refractivity contribution is 0.200. The Hall–Kier alpha value is -3.53. The van der Waals surface area contributed by atoms with Crippen molar-refractivity contribution < 1.29 is 9.47 Å². The summed E-state index contributed by atoms with van der Waals surface area (Å²) < 4.78 is 11.8. The summed E-state index contributed by atoms with van der Waals surface area (Å²) in [5, 5.41) is 12.9. The minimum Gasteiger partial charge on any atom is -0.493 e. The molecule has 0 amide bonds. The van der Waals surface area contributed by atoms with Crippen LogP contribution >= 0.6 is 23.2 Å². The van der Waals surface area contributed by atoms with Crippen molar-refractivity contribution in [2.75, 3.05) is 12.4 Å². The Bertz CT molecular complexity index is 1280. The van der Waals surface area contributed by atoms with Crippen LogP contribution in [0.4, 0.5) is 17.2 Å². The van der Waals surface area contributed by atoms with E-state index in [9.17, 15) is 0 Å². The number of ether oxygens (including phenoxy) is 2. The SMILES string of the molecule is COc1cccc(C=CC=Nc2cc(Cl)c(Cl)cc2Nc2ccc(C#N)cn2)c1OC1CCCC1. The first kappa shape index (κ1) is 24.6. The normalized spacial score (nSPS) is 13.9. The molecule has 2 aromatic carbocycles. The fourth-order valence-electron chi connectivity index (χ4n) is 3.81. The first-order chi connectivity index (χ1) is 17.1. The molecule has 0 aliphatic heterocycles. The Balaban J connectivity index is 1.55. The summed E-state index contributed by atoms with van der Waals surface area (Å²) in [4.78, 5) is 8.80. The number of aromatic nitrogens is 1. The third-order valence-electron chi connectivity index (χ3n) is 5.59. The lowest BCUT2D eigenvalue weighted by Crippen LogP contribution is -2.12. The number of anilines is 2. The lowest BCUT2D eigenvalue weighted by atomic mass is 10.1. The summed E-state index contributed by atoms with van der Waals surface area (Å²) >= 11 is 12.5. The minimum atomic E-state index is 0.216. The van der Waals surface area contributed by atoms with Gasteiger partial charge in [-0.25, -0.2) is 4.98 Å². The highest BCUT2D eigenvalue weighted by molar-refractivity contribution is 6.42. The average Bonchev–Trinajstić information content (AvgIpc) is 3.39. The first-order valence-corrected chi connectivity index (χ1v) is 12.0. The van der Waals surface area contributed by atoms with Crippen molar-refractivity contribution in [1.29, 1.82) is 5.26 Å². The number of pyridine rings is 1. The van der Waals surface area contributed by atoms with Crippen molar-refractivity contribution in [3.05, 3.63) is 75.9 Å². The van der Waals surface area contributed by atoms with Crippen molar-refractivity contribution in [3.63, 3.8) is 0 Å². The topological polar surface area (TPSA) is 79.5 Å². The van der Waals surface area contributed by atoms with Crippen LogP contribution in [0, 0.1) is 11.3 Å². The Kier molecular flexibility index (Phi) is 8.25. The van der Waals surface area contributed by atoms with Gasteiger partial charge in [0.2, 0.25) is 0 Å². The number of rotatable bonds is 8. The van der Waals surface area contributed by atoms with Gasteiger partial charge in [-0.2, -0.15) is 5.26 Å². The molecular formula is C27H24Cl2N4O2. The van der Waals surface area contributed by atoms with Crippen LogP contribution < -0.4 is 14.8 Å². The van der Waals surface area contributed by atoms with Gasteiger partial charge in [-0.3, -0.25) is 4.99 Å².